The molecule has 0 bridgehead atoms. The number of nitrogen functional groups attached to an aromatic ring is 1. The fourth-order valence-corrected chi connectivity index (χ4v) is 2.86. The highest BCUT2D eigenvalue weighted by Gasteiger charge is 2.22. The van der Waals surface area contributed by atoms with E-state index in [1.165, 1.54) is 23.6 Å². The van der Waals surface area contributed by atoms with Gasteiger partial charge >= 0.3 is 0 Å². The number of nitrogens with zero attached hydrogens (tertiary/aromatic N) is 2. The molecular weight excluding hydrogens is 262 g/mol. The second-order valence-corrected chi connectivity index (χ2v) is 6.15. The Bertz CT molecular complexity index is 684. The van der Waals surface area contributed by atoms with E-state index in [0.717, 1.165) is 0 Å². The maximum absolute atomic E-state index is 12.4. The summed E-state index contributed by atoms with van der Waals surface area (Å²) in [5, 5.41) is 0. The first-order valence-electron chi connectivity index (χ1n) is 5.69. The highest BCUT2D eigenvalue weighted by molar-refractivity contribution is 7.92. The summed E-state index contributed by atoms with van der Waals surface area (Å²) in [6.07, 6.45) is 1.27. The number of hydrogen-bond donors (Lipinski definition) is 1. The number of aryl methyl sites for hydroxylation is 1. The van der Waals surface area contributed by atoms with Crippen LogP contribution >= 0.6 is 0 Å². The van der Waals surface area contributed by atoms with E-state index in [0.29, 0.717) is 17.1 Å². The molecule has 0 saturated carbocycles. The van der Waals surface area contributed by atoms with Crippen molar-refractivity contribution < 1.29 is 8.42 Å². The van der Waals surface area contributed by atoms with Crippen molar-refractivity contribution in [3.63, 3.8) is 0 Å². The second-order valence-electron chi connectivity index (χ2n) is 4.18. The second kappa shape index (κ2) is 4.89. The predicted octanol–water partition coefficient (Wildman–Crippen LogP) is 1.80. The molecule has 1 heterocycles. The summed E-state index contributed by atoms with van der Waals surface area (Å²) >= 11 is 0. The summed E-state index contributed by atoms with van der Waals surface area (Å²) in [6.45, 7) is 1.73. The molecule has 0 fully saturated rings. The quantitative estimate of drug-likeness (QED) is 0.928. The van der Waals surface area contributed by atoms with E-state index in [9.17, 15) is 8.42 Å². The Morgan fingerprint density at radius 3 is 2.42 bits per heavy atom. The lowest BCUT2D eigenvalue weighted by Gasteiger charge is -2.19. The molecule has 2 N–H and O–H groups in total. The Morgan fingerprint density at radius 2 is 1.84 bits per heavy atom. The first kappa shape index (κ1) is 13.4. The number of sulfonamides is 1. The first-order chi connectivity index (χ1) is 8.93. The number of para-hydroxylation sites is 1. The Labute approximate surface area is 112 Å². The van der Waals surface area contributed by atoms with Gasteiger partial charge in [-0.05, 0) is 30.7 Å². The smallest absolute Gasteiger partial charge is 0.265 e. The molecule has 0 aliphatic carbocycles. The van der Waals surface area contributed by atoms with Crippen molar-refractivity contribution in [2.24, 2.45) is 0 Å². The van der Waals surface area contributed by atoms with Gasteiger partial charge in [-0.2, -0.15) is 0 Å². The predicted molar refractivity (Wildman–Crippen MR) is 75.4 cm³/mol. The topological polar surface area (TPSA) is 76.3 Å². The van der Waals surface area contributed by atoms with E-state index < -0.39 is 10.0 Å². The summed E-state index contributed by atoms with van der Waals surface area (Å²) < 4.78 is 26.1. The lowest BCUT2D eigenvalue weighted by Crippen LogP contribution is -2.26. The minimum atomic E-state index is -3.62. The average Bonchev–Trinajstić information content (AvgIpc) is 2.41. The highest BCUT2D eigenvalue weighted by atomic mass is 32.2. The number of pyridine rings is 1. The van der Waals surface area contributed by atoms with Gasteiger partial charge in [0.05, 0.1) is 5.69 Å². The van der Waals surface area contributed by atoms with Crippen LogP contribution in [0.2, 0.25) is 0 Å². The fraction of sp³-hybridized carbons (Fsp3) is 0.154. The third-order valence-electron chi connectivity index (χ3n) is 2.87. The molecule has 5 nitrogen and oxygen atoms in total. The summed E-state index contributed by atoms with van der Waals surface area (Å²) in [6, 6.07) is 10.4. The van der Waals surface area contributed by atoms with E-state index in [2.05, 4.69) is 4.98 Å². The minimum absolute atomic E-state index is 0.130. The molecule has 100 valence electrons. The van der Waals surface area contributed by atoms with Crippen molar-refractivity contribution in [1.29, 1.82) is 0 Å². The van der Waals surface area contributed by atoms with Crippen LogP contribution in [0.15, 0.2) is 47.5 Å². The van der Waals surface area contributed by atoms with Crippen LogP contribution in [0.3, 0.4) is 0 Å². The van der Waals surface area contributed by atoms with Crippen LogP contribution in [0.1, 0.15) is 5.56 Å². The molecule has 0 amide bonds. The van der Waals surface area contributed by atoms with Crippen molar-refractivity contribution in [3.8, 4) is 0 Å². The number of rotatable bonds is 3. The zero-order chi connectivity index (χ0) is 14.0. The minimum Gasteiger partial charge on any atom is -0.383 e. The van der Waals surface area contributed by atoms with Gasteiger partial charge in [0.25, 0.3) is 10.0 Å². The number of hydrogen-bond acceptors (Lipinski definition) is 4. The van der Waals surface area contributed by atoms with Crippen LogP contribution in [-0.4, -0.2) is 20.4 Å². The van der Waals surface area contributed by atoms with Gasteiger partial charge in [-0.1, -0.05) is 18.2 Å². The van der Waals surface area contributed by atoms with Gasteiger partial charge in [0.2, 0.25) is 0 Å². The van der Waals surface area contributed by atoms with Crippen LogP contribution < -0.4 is 10.0 Å². The Kier molecular flexibility index (Phi) is 3.44. The summed E-state index contributed by atoms with van der Waals surface area (Å²) in [7, 11) is -2.11. The van der Waals surface area contributed by atoms with Crippen molar-refractivity contribution >= 4 is 21.5 Å². The van der Waals surface area contributed by atoms with E-state index in [4.69, 9.17) is 5.73 Å². The van der Waals surface area contributed by atoms with Crippen LogP contribution in [0.25, 0.3) is 0 Å². The molecule has 19 heavy (non-hydrogen) atoms. The lowest BCUT2D eigenvalue weighted by molar-refractivity contribution is 0.594. The molecule has 0 spiro atoms. The third kappa shape index (κ3) is 2.53. The van der Waals surface area contributed by atoms with Gasteiger partial charge in [-0.25, -0.2) is 13.4 Å². The zero-order valence-electron chi connectivity index (χ0n) is 10.7. The maximum atomic E-state index is 12.4. The molecule has 1 aromatic carbocycles. The molecule has 0 unspecified atom stereocenters. The lowest BCUT2D eigenvalue weighted by atomic mass is 10.3. The highest BCUT2D eigenvalue weighted by Crippen LogP contribution is 2.22. The summed E-state index contributed by atoms with van der Waals surface area (Å²) in [5.41, 5.74) is 6.84. The number of aromatic nitrogens is 1. The molecule has 6 heteroatoms. The summed E-state index contributed by atoms with van der Waals surface area (Å²) in [5.74, 6) is 0.335. The Hall–Kier alpha value is -2.08. The van der Waals surface area contributed by atoms with Crippen LogP contribution in [0.5, 0.6) is 0 Å². The van der Waals surface area contributed by atoms with Gasteiger partial charge in [0.1, 0.15) is 10.7 Å². The molecule has 1 aromatic heterocycles. The molecule has 2 aromatic rings. The van der Waals surface area contributed by atoms with Crippen LogP contribution in [-0.2, 0) is 10.0 Å². The van der Waals surface area contributed by atoms with Crippen molar-refractivity contribution in [2.75, 3.05) is 17.1 Å². The molecule has 2 rings (SSSR count). The van der Waals surface area contributed by atoms with E-state index in [-0.39, 0.29) is 4.90 Å². The average molecular weight is 277 g/mol. The SMILES string of the molecule is Cc1cc(S(=O)(=O)N(C)c2ccccc2)cnc1N. The molecule has 0 aliphatic heterocycles. The van der Waals surface area contributed by atoms with Gasteiger partial charge in [0.15, 0.2) is 0 Å². The standard InChI is InChI=1S/C13H15N3O2S/c1-10-8-12(9-15-13(10)14)19(17,18)16(2)11-6-4-3-5-7-11/h3-9H,1-2H3,(H2,14,15). The van der Waals surface area contributed by atoms with Crippen LogP contribution in [0.4, 0.5) is 11.5 Å². The molecule has 0 saturated heterocycles. The molecule has 0 aliphatic rings. The number of nitrogens with two attached hydrogens (primary N) is 1. The van der Waals surface area contributed by atoms with E-state index >= 15 is 0 Å². The summed E-state index contributed by atoms with van der Waals surface area (Å²) in [4.78, 5) is 4.02. The van der Waals surface area contributed by atoms with E-state index in [1.54, 1.807) is 31.2 Å². The molecule has 0 radical (unpaired) electrons. The van der Waals surface area contributed by atoms with Crippen LogP contribution in [0, 0.1) is 6.92 Å². The van der Waals surface area contributed by atoms with Gasteiger partial charge in [-0.3, -0.25) is 4.31 Å². The third-order valence-corrected chi connectivity index (χ3v) is 4.62. The Balaban J connectivity index is 2.45. The van der Waals surface area contributed by atoms with Gasteiger partial charge in [-0.15, -0.1) is 0 Å². The van der Waals surface area contributed by atoms with Crippen molar-refractivity contribution in [2.45, 2.75) is 11.8 Å². The van der Waals surface area contributed by atoms with Gasteiger partial charge in [0, 0.05) is 13.2 Å². The Morgan fingerprint density at radius 1 is 1.21 bits per heavy atom. The van der Waals surface area contributed by atoms with Crippen molar-refractivity contribution in [3.05, 3.63) is 48.2 Å². The first-order valence-corrected chi connectivity index (χ1v) is 7.13. The van der Waals surface area contributed by atoms with Gasteiger partial charge < -0.3 is 5.73 Å². The van der Waals surface area contributed by atoms with Crippen molar-refractivity contribution in [1.82, 2.24) is 4.98 Å². The normalized spacial score (nSPS) is 11.3. The largest absolute Gasteiger partial charge is 0.383 e. The molecular formula is C13H15N3O2S. The fourth-order valence-electron chi connectivity index (χ4n) is 1.64. The molecule has 0 atom stereocenters. The number of anilines is 2. The zero-order valence-corrected chi connectivity index (χ0v) is 11.6. The maximum Gasteiger partial charge on any atom is 0.265 e. The monoisotopic (exact) mass is 277 g/mol. The van der Waals surface area contributed by atoms with E-state index in [1.807, 2.05) is 6.07 Å². The number of benzene rings is 1.